The fraction of sp³-hybridized carbons (Fsp3) is 0.827. The predicted molar refractivity (Wildman–Crippen MR) is 256 cm³/mol. The molecule has 0 aromatic rings. The van der Waals surface area contributed by atoms with Crippen molar-refractivity contribution in [2.45, 2.75) is 242 Å². The lowest BCUT2D eigenvalue weighted by Crippen LogP contribution is -2.61. The van der Waals surface area contributed by atoms with Crippen molar-refractivity contribution in [3.63, 3.8) is 0 Å². The summed E-state index contributed by atoms with van der Waals surface area (Å²) in [5.74, 6) is -0.454. The van der Waals surface area contributed by atoms with Crippen LogP contribution in [0.25, 0.3) is 0 Å². The Morgan fingerprint density at radius 1 is 0.515 bits per heavy atom. The number of allylic oxidation sites excluding steroid dienone is 8. The standard InChI is InChI=1S/C52H92O14/c1-3-5-7-9-11-13-15-17-18-19-20-21-22-24-26-28-30-32-34-36-61-38-41(64-44(54)35-33-31-29-27-25-23-16-14-12-10-8-6-4-2)39-62-51-50(60)48(58)46(56)43(66-51)40-63-52-49(59)47(57)45(55)42(37-53)65-52/h6,8,12,14,23,25,29,31,41-43,45-53,55-60H,3-5,7,9-11,13,15-22,24,26-28,30,32-40H2,1-2H3/b8-6-,14-12-,25-23-,31-29-. The van der Waals surface area contributed by atoms with Crippen LogP contribution in [-0.2, 0) is 33.2 Å². The number of aliphatic hydroxyl groups excluding tert-OH is 7. The van der Waals surface area contributed by atoms with Crippen LogP contribution in [0.2, 0.25) is 0 Å². The van der Waals surface area contributed by atoms with E-state index in [9.17, 15) is 40.5 Å². The number of rotatable bonds is 40. The topological polar surface area (TPSA) is 214 Å². The fourth-order valence-electron chi connectivity index (χ4n) is 7.95. The molecule has 0 amide bonds. The molecule has 0 saturated carbocycles. The second kappa shape index (κ2) is 39.8. The molecule has 2 saturated heterocycles. The van der Waals surface area contributed by atoms with Gasteiger partial charge in [-0.15, -0.1) is 0 Å². The molecule has 14 heteroatoms. The minimum absolute atomic E-state index is 0.0341. The molecule has 2 aliphatic heterocycles. The van der Waals surface area contributed by atoms with Crippen LogP contribution >= 0.6 is 0 Å². The highest BCUT2D eigenvalue weighted by atomic mass is 16.7. The molecule has 0 bridgehead atoms. The van der Waals surface area contributed by atoms with Gasteiger partial charge in [0.15, 0.2) is 12.6 Å². The molecule has 11 atom stereocenters. The van der Waals surface area contributed by atoms with Gasteiger partial charge >= 0.3 is 5.97 Å². The second-order valence-corrected chi connectivity index (χ2v) is 18.0. The number of carbonyl (C=O) groups excluding carboxylic acids is 1. The summed E-state index contributed by atoms with van der Waals surface area (Å²) in [5.41, 5.74) is 0. The molecule has 2 aliphatic rings. The summed E-state index contributed by atoms with van der Waals surface area (Å²) in [6, 6.07) is 0. The van der Waals surface area contributed by atoms with Gasteiger partial charge in [-0.3, -0.25) is 4.79 Å². The van der Waals surface area contributed by atoms with Crippen LogP contribution in [0.1, 0.15) is 174 Å². The van der Waals surface area contributed by atoms with Crippen molar-refractivity contribution in [2.75, 3.05) is 33.0 Å². The van der Waals surface area contributed by atoms with Gasteiger partial charge in [-0.1, -0.05) is 178 Å². The zero-order valence-corrected chi connectivity index (χ0v) is 40.7. The molecule has 2 heterocycles. The number of esters is 1. The van der Waals surface area contributed by atoms with Crippen LogP contribution in [0.4, 0.5) is 0 Å². The average molecular weight is 941 g/mol. The van der Waals surface area contributed by atoms with E-state index in [1.54, 1.807) is 0 Å². The van der Waals surface area contributed by atoms with Gasteiger partial charge in [-0.2, -0.15) is 0 Å². The van der Waals surface area contributed by atoms with Crippen molar-refractivity contribution >= 4 is 5.97 Å². The van der Waals surface area contributed by atoms with Crippen LogP contribution < -0.4 is 0 Å². The Morgan fingerprint density at radius 3 is 1.45 bits per heavy atom. The van der Waals surface area contributed by atoms with E-state index in [-0.39, 0.29) is 19.6 Å². The number of carbonyl (C=O) groups is 1. The summed E-state index contributed by atoms with van der Waals surface area (Å²) in [6.07, 6.45) is 29.1. The Balaban J connectivity index is 1.77. The fourth-order valence-corrected chi connectivity index (χ4v) is 7.95. The van der Waals surface area contributed by atoms with E-state index in [1.165, 1.54) is 103 Å². The smallest absolute Gasteiger partial charge is 0.306 e. The van der Waals surface area contributed by atoms with Crippen molar-refractivity contribution in [2.24, 2.45) is 0 Å². The Hall–Kier alpha value is -2.05. The molecule has 14 nitrogen and oxygen atoms in total. The first-order valence-electron chi connectivity index (χ1n) is 25.7. The van der Waals surface area contributed by atoms with E-state index in [0.717, 1.165) is 44.9 Å². The van der Waals surface area contributed by atoms with E-state index < -0.39 is 86.7 Å². The first-order chi connectivity index (χ1) is 32.1. The van der Waals surface area contributed by atoms with Crippen molar-refractivity contribution in [1.82, 2.24) is 0 Å². The summed E-state index contributed by atoms with van der Waals surface area (Å²) < 4.78 is 34.2. The molecular weight excluding hydrogens is 849 g/mol. The molecule has 384 valence electrons. The molecule has 11 unspecified atom stereocenters. The monoisotopic (exact) mass is 941 g/mol. The summed E-state index contributed by atoms with van der Waals surface area (Å²) in [4.78, 5) is 12.9. The van der Waals surface area contributed by atoms with Crippen LogP contribution in [0, 0.1) is 0 Å². The van der Waals surface area contributed by atoms with E-state index in [4.69, 9.17) is 28.4 Å². The maximum Gasteiger partial charge on any atom is 0.306 e. The summed E-state index contributed by atoms with van der Waals surface area (Å²) in [7, 11) is 0. The van der Waals surface area contributed by atoms with Gasteiger partial charge in [0.25, 0.3) is 0 Å². The minimum atomic E-state index is -1.72. The van der Waals surface area contributed by atoms with Gasteiger partial charge in [0.2, 0.25) is 0 Å². The zero-order valence-electron chi connectivity index (χ0n) is 40.7. The molecule has 0 aliphatic carbocycles. The second-order valence-electron chi connectivity index (χ2n) is 18.0. The number of ether oxygens (including phenoxy) is 6. The zero-order chi connectivity index (χ0) is 48.0. The number of unbranched alkanes of at least 4 members (excludes halogenated alkanes) is 18. The van der Waals surface area contributed by atoms with Crippen LogP contribution in [0.3, 0.4) is 0 Å². The Bertz CT molecular complexity index is 1280. The quantitative estimate of drug-likeness (QED) is 0.0179. The third-order valence-corrected chi connectivity index (χ3v) is 12.1. The van der Waals surface area contributed by atoms with Crippen molar-refractivity contribution in [3.8, 4) is 0 Å². The molecule has 0 aromatic carbocycles. The minimum Gasteiger partial charge on any atom is -0.457 e. The van der Waals surface area contributed by atoms with E-state index in [0.29, 0.717) is 13.0 Å². The van der Waals surface area contributed by atoms with E-state index in [2.05, 4.69) is 50.3 Å². The van der Waals surface area contributed by atoms with Crippen molar-refractivity contribution in [1.29, 1.82) is 0 Å². The maximum atomic E-state index is 12.9. The molecule has 0 radical (unpaired) electrons. The third kappa shape index (κ3) is 27.2. The summed E-state index contributed by atoms with van der Waals surface area (Å²) >= 11 is 0. The SMILES string of the molecule is CC/C=C\C/C=C\C/C=C\C/C=C\CCC(=O)OC(COCCCCCCCCCCCCCCCCCCCCC)COC1OC(COC2OC(CO)C(O)C(O)C2O)C(O)C(O)C1O. The lowest BCUT2D eigenvalue weighted by molar-refractivity contribution is -0.332. The highest BCUT2D eigenvalue weighted by Gasteiger charge is 2.47. The number of hydrogen-bond donors (Lipinski definition) is 7. The molecular formula is C52H92O14. The van der Waals surface area contributed by atoms with E-state index >= 15 is 0 Å². The Morgan fingerprint density at radius 2 is 0.955 bits per heavy atom. The molecule has 66 heavy (non-hydrogen) atoms. The molecule has 7 N–H and O–H groups in total. The largest absolute Gasteiger partial charge is 0.457 e. The third-order valence-electron chi connectivity index (χ3n) is 12.1. The van der Waals surface area contributed by atoms with Gasteiger partial charge in [0, 0.05) is 13.0 Å². The average Bonchev–Trinajstić information content (AvgIpc) is 3.31. The highest BCUT2D eigenvalue weighted by molar-refractivity contribution is 5.69. The molecule has 0 aromatic heterocycles. The first kappa shape index (κ1) is 60.1. The van der Waals surface area contributed by atoms with Gasteiger partial charge in [-0.25, -0.2) is 0 Å². The van der Waals surface area contributed by atoms with Gasteiger partial charge in [0.1, 0.15) is 54.9 Å². The number of hydrogen-bond acceptors (Lipinski definition) is 14. The van der Waals surface area contributed by atoms with Gasteiger partial charge in [-0.05, 0) is 38.5 Å². The Labute approximate surface area is 397 Å². The van der Waals surface area contributed by atoms with Crippen molar-refractivity contribution in [3.05, 3.63) is 48.6 Å². The molecule has 2 rings (SSSR count). The Kier molecular flexibility index (Phi) is 36.2. The normalized spacial score (nSPS) is 26.7. The first-order valence-corrected chi connectivity index (χ1v) is 25.7. The lowest BCUT2D eigenvalue weighted by atomic mass is 9.98. The summed E-state index contributed by atoms with van der Waals surface area (Å²) in [5, 5.41) is 72.1. The van der Waals surface area contributed by atoms with Gasteiger partial charge < -0.3 is 64.2 Å². The molecule has 0 spiro atoms. The summed E-state index contributed by atoms with van der Waals surface area (Å²) in [6.45, 7) is 3.49. The molecule has 2 fully saturated rings. The van der Waals surface area contributed by atoms with Crippen LogP contribution in [-0.4, -0.2) is 142 Å². The predicted octanol–water partition coefficient (Wildman–Crippen LogP) is 7.57. The van der Waals surface area contributed by atoms with Gasteiger partial charge in [0.05, 0.1) is 26.4 Å². The number of aliphatic hydroxyl groups is 7. The van der Waals surface area contributed by atoms with Crippen LogP contribution in [0.15, 0.2) is 48.6 Å². The lowest BCUT2D eigenvalue weighted by Gasteiger charge is -2.42. The van der Waals surface area contributed by atoms with E-state index in [1.807, 2.05) is 12.2 Å². The van der Waals surface area contributed by atoms with Crippen molar-refractivity contribution < 1.29 is 69.0 Å². The highest BCUT2D eigenvalue weighted by Crippen LogP contribution is 2.26. The van der Waals surface area contributed by atoms with Crippen LogP contribution in [0.5, 0.6) is 0 Å². The maximum absolute atomic E-state index is 12.9.